The van der Waals surface area contributed by atoms with Gasteiger partial charge in [0.1, 0.15) is 12.0 Å². The molecule has 24 heavy (non-hydrogen) atoms. The van der Waals surface area contributed by atoms with Gasteiger partial charge in [0, 0.05) is 37.9 Å². The van der Waals surface area contributed by atoms with E-state index in [1.807, 2.05) is 0 Å². The van der Waals surface area contributed by atoms with Gasteiger partial charge in [-0.25, -0.2) is 9.18 Å². The van der Waals surface area contributed by atoms with Crippen molar-refractivity contribution in [2.45, 2.75) is 6.54 Å². The Hall–Kier alpha value is -2.54. The van der Waals surface area contributed by atoms with Crippen LogP contribution in [-0.2, 0) is 6.54 Å². The number of nitrogens with zero attached hydrogens (tertiary/aromatic N) is 2. The first-order valence-corrected chi connectivity index (χ1v) is 7.68. The molecule has 1 fully saturated rings. The predicted molar refractivity (Wildman–Crippen MR) is 86.1 cm³/mol. The van der Waals surface area contributed by atoms with E-state index in [4.69, 9.17) is 14.3 Å². The molecule has 3 rings (SSSR count). The van der Waals surface area contributed by atoms with Crippen molar-refractivity contribution in [2.75, 3.05) is 38.2 Å². The zero-order valence-electron chi connectivity index (χ0n) is 13.4. The molecule has 0 atom stereocenters. The summed E-state index contributed by atoms with van der Waals surface area (Å²) >= 11 is 0. The van der Waals surface area contributed by atoms with Crippen molar-refractivity contribution in [3.63, 3.8) is 0 Å². The van der Waals surface area contributed by atoms with E-state index in [0.29, 0.717) is 12.3 Å². The Balaban J connectivity index is 1.58. The highest BCUT2D eigenvalue weighted by Gasteiger charge is 2.20. The molecule has 1 aliphatic rings. The molecule has 0 aliphatic carbocycles. The van der Waals surface area contributed by atoms with E-state index in [9.17, 15) is 9.18 Å². The van der Waals surface area contributed by atoms with Crippen LogP contribution < -0.4 is 9.64 Å². The number of carbonyl (C=O) groups is 1. The number of carboxylic acids is 1. The fraction of sp³-hybridized carbons (Fsp3) is 0.353. The monoisotopic (exact) mass is 334 g/mol. The van der Waals surface area contributed by atoms with Crippen molar-refractivity contribution >= 4 is 11.7 Å². The van der Waals surface area contributed by atoms with Gasteiger partial charge in [0.2, 0.25) is 0 Å². The van der Waals surface area contributed by atoms with E-state index in [-0.39, 0.29) is 17.1 Å². The molecule has 6 nitrogen and oxygen atoms in total. The number of methoxy groups -OCH3 is 1. The van der Waals surface area contributed by atoms with Crippen LogP contribution in [-0.4, -0.2) is 49.3 Å². The fourth-order valence-corrected chi connectivity index (χ4v) is 2.81. The molecule has 1 aromatic carbocycles. The smallest absolute Gasteiger partial charge is 0.338 e. The molecule has 1 aromatic heterocycles. The van der Waals surface area contributed by atoms with E-state index in [0.717, 1.165) is 31.9 Å². The second-order valence-electron chi connectivity index (χ2n) is 5.69. The van der Waals surface area contributed by atoms with Crippen molar-refractivity contribution in [2.24, 2.45) is 0 Å². The van der Waals surface area contributed by atoms with Crippen LogP contribution in [0.4, 0.5) is 10.1 Å². The third-order valence-corrected chi connectivity index (χ3v) is 4.15. The summed E-state index contributed by atoms with van der Waals surface area (Å²) in [7, 11) is 1.45. The summed E-state index contributed by atoms with van der Waals surface area (Å²) in [5, 5.41) is 8.91. The Morgan fingerprint density at radius 2 is 2.04 bits per heavy atom. The Morgan fingerprint density at radius 1 is 1.29 bits per heavy atom. The highest BCUT2D eigenvalue weighted by atomic mass is 19.1. The maximum Gasteiger partial charge on any atom is 0.338 e. The lowest BCUT2D eigenvalue weighted by Crippen LogP contribution is -2.45. The van der Waals surface area contributed by atoms with E-state index in [2.05, 4.69) is 9.80 Å². The molecule has 0 spiro atoms. The number of ether oxygens (including phenoxy) is 1. The standard InChI is InChI=1S/C17H19FN2O4/c1-23-16-9-13(2-3-15(16)18)20-6-4-19(5-7-20)10-14-8-12(11-24-14)17(21)22/h2-3,8-9,11H,4-7,10H2,1H3,(H,21,22). The molecular formula is C17H19FN2O4. The van der Waals surface area contributed by atoms with Crippen molar-refractivity contribution in [1.82, 2.24) is 4.90 Å². The summed E-state index contributed by atoms with van der Waals surface area (Å²) in [6, 6.07) is 6.42. The average Bonchev–Trinajstić information content (AvgIpc) is 3.05. The first kappa shape index (κ1) is 16.3. The number of aromatic carboxylic acids is 1. The van der Waals surface area contributed by atoms with Crippen molar-refractivity contribution in [3.05, 3.63) is 47.7 Å². The fourth-order valence-electron chi connectivity index (χ4n) is 2.81. The number of halogens is 1. The first-order valence-electron chi connectivity index (χ1n) is 7.68. The Labute approximate surface area is 139 Å². The number of rotatable bonds is 5. The molecule has 0 radical (unpaired) electrons. The van der Waals surface area contributed by atoms with Crippen molar-refractivity contribution in [3.8, 4) is 5.75 Å². The quantitative estimate of drug-likeness (QED) is 0.906. The van der Waals surface area contributed by atoms with Crippen LogP contribution in [0.25, 0.3) is 0 Å². The molecular weight excluding hydrogens is 315 g/mol. The van der Waals surface area contributed by atoms with Crippen molar-refractivity contribution in [1.29, 1.82) is 0 Å². The van der Waals surface area contributed by atoms with Gasteiger partial charge in [-0.2, -0.15) is 0 Å². The molecule has 7 heteroatoms. The molecule has 2 aromatic rings. The minimum absolute atomic E-state index is 0.169. The van der Waals surface area contributed by atoms with E-state index in [1.54, 1.807) is 18.2 Å². The highest BCUT2D eigenvalue weighted by Crippen LogP contribution is 2.25. The summed E-state index contributed by atoms with van der Waals surface area (Å²) in [4.78, 5) is 15.2. The molecule has 2 heterocycles. The van der Waals surface area contributed by atoms with Crippen molar-refractivity contribution < 1.29 is 23.4 Å². The average molecular weight is 334 g/mol. The molecule has 0 unspecified atom stereocenters. The first-order chi connectivity index (χ1) is 11.6. The van der Waals surface area contributed by atoms with Crippen LogP contribution in [0.2, 0.25) is 0 Å². The summed E-state index contributed by atoms with van der Waals surface area (Å²) in [5.41, 5.74) is 1.10. The third-order valence-electron chi connectivity index (χ3n) is 4.15. The van der Waals surface area contributed by atoms with Gasteiger partial charge in [-0.15, -0.1) is 0 Å². The van der Waals surface area contributed by atoms with Gasteiger partial charge in [0.25, 0.3) is 0 Å². The number of furan rings is 1. The number of hydrogen-bond donors (Lipinski definition) is 1. The van der Waals surface area contributed by atoms with Crippen LogP contribution in [0.15, 0.2) is 34.9 Å². The minimum atomic E-state index is -0.986. The summed E-state index contributed by atoms with van der Waals surface area (Å²) < 4.78 is 23.8. The Kier molecular flexibility index (Phi) is 4.71. The van der Waals surface area contributed by atoms with Gasteiger partial charge >= 0.3 is 5.97 Å². The third kappa shape index (κ3) is 3.51. The molecule has 1 N–H and O–H groups in total. The van der Waals surface area contributed by atoms with Gasteiger partial charge in [-0.3, -0.25) is 4.90 Å². The minimum Gasteiger partial charge on any atom is -0.494 e. The Morgan fingerprint density at radius 3 is 2.67 bits per heavy atom. The number of benzene rings is 1. The molecule has 0 amide bonds. The number of hydrogen-bond acceptors (Lipinski definition) is 5. The maximum absolute atomic E-state index is 13.5. The van der Waals surface area contributed by atoms with Gasteiger partial charge in [0.15, 0.2) is 11.6 Å². The van der Waals surface area contributed by atoms with Crippen LogP contribution in [0.3, 0.4) is 0 Å². The SMILES string of the molecule is COc1cc(N2CCN(Cc3cc(C(=O)O)co3)CC2)ccc1F. The molecule has 1 saturated heterocycles. The Bertz CT molecular complexity index is 723. The van der Waals surface area contributed by atoms with Crippen LogP contribution >= 0.6 is 0 Å². The summed E-state index contributed by atoms with van der Waals surface area (Å²) in [5.74, 6) is -0.469. The van der Waals surface area contributed by atoms with Crippen LogP contribution in [0.1, 0.15) is 16.1 Å². The second-order valence-corrected chi connectivity index (χ2v) is 5.69. The zero-order chi connectivity index (χ0) is 17.1. The predicted octanol–water partition coefficient (Wildman–Crippen LogP) is 2.45. The summed E-state index contributed by atoms with van der Waals surface area (Å²) in [6.45, 7) is 3.78. The normalized spacial score (nSPS) is 15.5. The number of carboxylic acid groups (broad SMARTS) is 1. The largest absolute Gasteiger partial charge is 0.494 e. The topological polar surface area (TPSA) is 66.2 Å². The second kappa shape index (κ2) is 6.92. The van der Waals surface area contributed by atoms with Gasteiger partial charge < -0.3 is 19.2 Å². The van der Waals surface area contributed by atoms with Gasteiger partial charge in [0.05, 0.1) is 19.2 Å². The van der Waals surface area contributed by atoms with Gasteiger partial charge in [-0.1, -0.05) is 0 Å². The maximum atomic E-state index is 13.5. The molecule has 1 aliphatic heterocycles. The molecule has 0 bridgehead atoms. The zero-order valence-corrected chi connectivity index (χ0v) is 13.4. The lowest BCUT2D eigenvalue weighted by molar-refractivity contribution is 0.0696. The van der Waals surface area contributed by atoms with Gasteiger partial charge in [-0.05, 0) is 18.2 Å². The highest BCUT2D eigenvalue weighted by molar-refractivity contribution is 5.87. The van der Waals surface area contributed by atoms with Crippen LogP contribution in [0, 0.1) is 5.82 Å². The number of piperazine rings is 1. The lowest BCUT2D eigenvalue weighted by atomic mass is 10.2. The van der Waals surface area contributed by atoms with Crippen LogP contribution in [0.5, 0.6) is 5.75 Å². The number of anilines is 1. The molecule has 0 saturated carbocycles. The van der Waals surface area contributed by atoms with E-state index in [1.165, 1.54) is 19.4 Å². The summed E-state index contributed by atoms with van der Waals surface area (Å²) in [6.07, 6.45) is 1.26. The van der Waals surface area contributed by atoms with E-state index >= 15 is 0 Å². The van der Waals surface area contributed by atoms with E-state index < -0.39 is 5.97 Å². The molecule has 128 valence electrons. The lowest BCUT2D eigenvalue weighted by Gasteiger charge is -2.35.